The second-order valence-corrected chi connectivity index (χ2v) is 7.80. The molecule has 0 atom stereocenters. The Balaban J connectivity index is 1.55. The van der Waals surface area contributed by atoms with Crippen LogP contribution in [-0.4, -0.2) is 16.6 Å². The van der Waals surface area contributed by atoms with E-state index in [-0.39, 0.29) is 12.1 Å². The van der Waals surface area contributed by atoms with Crippen LogP contribution in [0.1, 0.15) is 42.0 Å². The van der Waals surface area contributed by atoms with Crippen LogP contribution in [-0.2, 0) is 11.0 Å². The van der Waals surface area contributed by atoms with Gasteiger partial charge >= 0.3 is 6.18 Å². The summed E-state index contributed by atoms with van der Waals surface area (Å²) < 4.78 is 39.1. The number of aliphatic imine (C=N–C) groups is 1. The largest absolute Gasteiger partial charge is 0.416 e. The first-order valence-corrected chi connectivity index (χ1v) is 10.0. The van der Waals surface area contributed by atoms with Gasteiger partial charge in [0.1, 0.15) is 0 Å². The highest BCUT2D eigenvalue weighted by atomic mass is 19.4. The summed E-state index contributed by atoms with van der Waals surface area (Å²) >= 11 is 0. The van der Waals surface area contributed by atoms with Crippen molar-refractivity contribution >= 4 is 23.0 Å². The highest BCUT2D eigenvalue weighted by molar-refractivity contribution is 6.17. The van der Waals surface area contributed by atoms with Crippen molar-refractivity contribution in [3.8, 4) is 11.1 Å². The standard InChI is InChI=1S/C24H18F3N3O/c25-24(26,27)17-8-9-19-21(12-17)30-22(31)13-20(29-19)16-4-1-3-15(11-16)18-5-2-10-28-23(18)14-6-7-14/h1-5,8-12,14H,6-7,13H2,(H,30,31). The number of carbonyl (C=O) groups is 1. The van der Waals surface area contributed by atoms with E-state index >= 15 is 0 Å². The summed E-state index contributed by atoms with van der Waals surface area (Å²) in [6.07, 6.45) is -0.453. The van der Waals surface area contributed by atoms with E-state index in [0.29, 0.717) is 17.3 Å². The van der Waals surface area contributed by atoms with Crippen LogP contribution in [0.25, 0.3) is 11.1 Å². The highest BCUT2D eigenvalue weighted by Gasteiger charge is 2.32. The molecule has 4 nitrogen and oxygen atoms in total. The maximum Gasteiger partial charge on any atom is 0.416 e. The third-order valence-electron chi connectivity index (χ3n) is 5.49. The molecule has 1 aromatic heterocycles. The van der Waals surface area contributed by atoms with E-state index in [4.69, 9.17) is 0 Å². The Labute approximate surface area is 176 Å². The number of amides is 1. The molecule has 2 heterocycles. The molecule has 31 heavy (non-hydrogen) atoms. The van der Waals surface area contributed by atoms with E-state index in [1.54, 1.807) is 6.20 Å². The van der Waals surface area contributed by atoms with Gasteiger partial charge in [-0.05, 0) is 54.3 Å². The molecule has 2 aromatic carbocycles. The predicted molar refractivity (Wildman–Crippen MR) is 113 cm³/mol. The van der Waals surface area contributed by atoms with Gasteiger partial charge in [-0.3, -0.25) is 14.8 Å². The van der Waals surface area contributed by atoms with Gasteiger partial charge in [0, 0.05) is 17.7 Å². The zero-order valence-corrected chi connectivity index (χ0v) is 16.4. The number of nitrogens with one attached hydrogen (secondary N) is 1. The molecule has 0 spiro atoms. The summed E-state index contributed by atoms with van der Waals surface area (Å²) in [6, 6.07) is 14.8. The molecule has 1 aliphatic heterocycles. The molecular formula is C24H18F3N3O. The second kappa shape index (κ2) is 7.34. The lowest BCUT2D eigenvalue weighted by atomic mass is 9.97. The molecule has 5 rings (SSSR count). The Hall–Kier alpha value is -3.48. The van der Waals surface area contributed by atoms with Crippen LogP contribution >= 0.6 is 0 Å². The first kappa shape index (κ1) is 19.5. The summed E-state index contributed by atoms with van der Waals surface area (Å²) in [7, 11) is 0. The lowest BCUT2D eigenvalue weighted by Gasteiger charge is -2.10. The third kappa shape index (κ3) is 3.95. The van der Waals surface area contributed by atoms with E-state index in [9.17, 15) is 18.0 Å². The Morgan fingerprint density at radius 3 is 2.55 bits per heavy atom. The molecule has 1 fully saturated rings. The van der Waals surface area contributed by atoms with Gasteiger partial charge in [0.15, 0.2) is 0 Å². The fraction of sp³-hybridized carbons (Fsp3) is 0.208. The number of pyridine rings is 1. The number of alkyl halides is 3. The summed E-state index contributed by atoms with van der Waals surface area (Å²) in [5, 5.41) is 2.55. The molecule has 1 saturated carbocycles. The van der Waals surface area contributed by atoms with E-state index in [2.05, 4.69) is 15.3 Å². The van der Waals surface area contributed by atoms with Crippen molar-refractivity contribution in [1.82, 2.24) is 4.98 Å². The molecule has 3 aromatic rings. The minimum absolute atomic E-state index is 0.0258. The van der Waals surface area contributed by atoms with Gasteiger partial charge in [0.25, 0.3) is 0 Å². The summed E-state index contributed by atoms with van der Waals surface area (Å²) in [6.45, 7) is 0. The van der Waals surface area contributed by atoms with Crippen LogP contribution in [0.3, 0.4) is 0 Å². The molecule has 0 saturated heterocycles. The molecule has 1 amide bonds. The normalized spacial score (nSPS) is 16.2. The van der Waals surface area contributed by atoms with Gasteiger partial charge in [0.2, 0.25) is 5.91 Å². The van der Waals surface area contributed by atoms with Gasteiger partial charge < -0.3 is 5.32 Å². The van der Waals surface area contributed by atoms with Crippen LogP contribution in [0.15, 0.2) is 65.8 Å². The monoisotopic (exact) mass is 421 g/mol. The van der Waals surface area contributed by atoms with Gasteiger partial charge in [0.05, 0.1) is 34.8 Å². The number of benzene rings is 2. The van der Waals surface area contributed by atoms with Crippen molar-refractivity contribution in [3.05, 3.63) is 77.6 Å². The van der Waals surface area contributed by atoms with Crippen LogP contribution in [0.5, 0.6) is 0 Å². The molecule has 1 aliphatic carbocycles. The van der Waals surface area contributed by atoms with E-state index < -0.39 is 17.6 Å². The van der Waals surface area contributed by atoms with Crippen molar-refractivity contribution in [2.75, 3.05) is 5.32 Å². The second-order valence-electron chi connectivity index (χ2n) is 7.80. The number of hydrogen-bond acceptors (Lipinski definition) is 3. The molecule has 0 unspecified atom stereocenters. The van der Waals surface area contributed by atoms with Crippen LogP contribution in [0, 0.1) is 0 Å². The zero-order chi connectivity index (χ0) is 21.6. The van der Waals surface area contributed by atoms with Crippen LogP contribution < -0.4 is 5.32 Å². The number of aromatic nitrogens is 1. The van der Waals surface area contributed by atoms with Crippen molar-refractivity contribution in [1.29, 1.82) is 0 Å². The molecule has 1 N–H and O–H groups in total. The quantitative estimate of drug-likeness (QED) is 0.555. The SMILES string of the molecule is O=C1CC(c2cccc(-c3cccnc3C3CC3)c2)=Nc2ccc(C(F)(F)F)cc2N1. The Kier molecular flexibility index (Phi) is 4.61. The topological polar surface area (TPSA) is 54.4 Å². The van der Waals surface area contributed by atoms with E-state index in [0.717, 1.165) is 47.4 Å². The minimum Gasteiger partial charge on any atom is -0.324 e. The van der Waals surface area contributed by atoms with Crippen molar-refractivity contribution in [3.63, 3.8) is 0 Å². The number of carbonyl (C=O) groups excluding carboxylic acids is 1. The van der Waals surface area contributed by atoms with Crippen LogP contribution in [0.4, 0.5) is 24.5 Å². The first-order valence-electron chi connectivity index (χ1n) is 10.0. The molecule has 0 radical (unpaired) electrons. The fourth-order valence-electron chi connectivity index (χ4n) is 3.82. The Morgan fingerprint density at radius 1 is 0.968 bits per heavy atom. The number of fused-ring (bicyclic) bond motifs is 1. The highest BCUT2D eigenvalue weighted by Crippen LogP contribution is 2.43. The van der Waals surface area contributed by atoms with Crippen LogP contribution in [0.2, 0.25) is 0 Å². The molecule has 156 valence electrons. The maximum absolute atomic E-state index is 13.0. The summed E-state index contributed by atoms with van der Waals surface area (Å²) in [4.78, 5) is 21.5. The van der Waals surface area contributed by atoms with Gasteiger partial charge in [-0.1, -0.05) is 24.3 Å². The Morgan fingerprint density at radius 2 is 1.77 bits per heavy atom. The first-order chi connectivity index (χ1) is 14.9. The van der Waals surface area contributed by atoms with E-state index in [1.165, 1.54) is 6.07 Å². The molecular weight excluding hydrogens is 403 g/mol. The smallest absolute Gasteiger partial charge is 0.324 e. The average Bonchev–Trinajstić information content (AvgIpc) is 3.59. The van der Waals surface area contributed by atoms with Gasteiger partial charge in [-0.25, -0.2) is 0 Å². The lowest BCUT2D eigenvalue weighted by Crippen LogP contribution is -2.15. The molecule has 0 bridgehead atoms. The summed E-state index contributed by atoms with van der Waals surface area (Å²) in [5.74, 6) is 0.0813. The summed E-state index contributed by atoms with van der Waals surface area (Å²) in [5.41, 5.74) is 3.92. The van der Waals surface area contributed by atoms with Gasteiger partial charge in [-0.15, -0.1) is 0 Å². The fourth-order valence-corrected chi connectivity index (χ4v) is 3.82. The maximum atomic E-state index is 13.0. The number of halogens is 3. The van der Waals surface area contributed by atoms with Crippen molar-refractivity contribution in [2.24, 2.45) is 4.99 Å². The number of anilines is 1. The number of nitrogens with zero attached hydrogens (tertiary/aromatic N) is 2. The van der Waals surface area contributed by atoms with E-state index in [1.807, 2.05) is 36.4 Å². The Bertz CT molecular complexity index is 1210. The van der Waals surface area contributed by atoms with Crippen molar-refractivity contribution in [2.45, 2.75) is 31.4 Å². The van der Waals surface area contributed by atoms with Gasteiger partial charge in [-0.2, -0.15) is 13.2 Å². The average molecular weight is 421 g/mol. The minimum atomic E-state index is -4.49. The number of rotatable bonds is 3. The lowest BCUT2D eigenvalue weighted by molar-refractivity contribution is -0.137. The third-order valence-corrected chi connectivity index (χ3v) is 5.49. The molecule has 7 heteroatoms. The molecule has 2 aliphatic rings. The zero-order valence-electron chi connectivity index (χ0n) is 16.4. The number of hydrogen-bond donors (Lipinski definition) is 1. The predicted octanol–water partition coefficient (Wildman–Crippen LogP) is 6.11. The van der Waals surface area contributed by atoms with Crippen molar-refractivity contribution < 1.29 is 18.0 Å².